The molecule has 2 rings (SSSR count). The van der Waals surface area contributed by atoms with Crippen molar-refractivity contribution >= 4 is 21.6 Å². The fourth-order valence-electron chi connectivity index (χ4n) is 3.11. The van der Waals surface area contributed by atoms with E-state index in [-0.39, 0.29) is 12.0 Å². The van der Waals surface area contributed by atoms with Crippen LogP contribution in [-0.4, -0.2) is 44.0 Å². The fourth-order valence-corrected chi connectivity index (χ4v) is 4.19. The minimum Gasteiger partial charge on any atom is -0.444 e. The molecule has 0 heterocycles. The predicted molar refractivity (Wildman–Crippen MR) is 134 cm³/mol. The Hall–Kier alpha value is -2.80. The van der Waals surface area contributed by atoms with Gasteiger partial charge in [0.15, 0.2) is 9.84 Å². The van der Waals surface area contributed by atoms with Gasteiger partial charge in [-0.1, -0.05) is 44.2 Å². The first kappa shape index (κ1) is 26.5. The van der Waals surface area contributed by atoms with Gasteiger partial charge in [-0.05, 0) is 68.5 Å². The van der Waals surface area contributed by atoms with Crippen LogP contribution in [0.2, 0.25) is 0 Å². The Morgan fingerprint density at radius 2 is 1.70 bits per heavy atom. The summed E-state index contributed by atoms with van der Waals surface area (Å²) in [5, 5.41) is 2.99. The van der Waals surface area contributed by atoms with Gasteiger partial charge in [-0.25, -0.2) is 13.2 Å². The highest BCUT2D eigenvalue weighted by Gasteiger charge is 2.21. The number of anilines is 1. The van der Waals surface area contributed by atoms with Crippen molar-refractivity contribution in [3.05, 3.63) is 72.3 Å². The number of ether oxygens (including phenoxy) is 1. The molecule has 6 nitrogen and oxygen atoms in total. The van der Waals surface area contributed by atoms with Crippen molar-refractivity contribution in [2.75, 3.05) is 24.3 Å². The summed E-state index contributed by atoms with van der Waals surface area (Å²) in [4.78, 5) is 14.3. The third-order valence-electron chi connectivity index (χ3n) is 5.00. The average molecular weight is 473 g/mol. The first-order chi connectivity index (χ1) is 15.4. The van der Waals surface area contributed by atoms with Gasteiger partial charge in [0.1, 0.15) is 11.5 Å². The first-order valence-electron chi connectivity index (χ1n) is 11.2. The Labute approximate surface area is 198 Å². The molecule has 0 aliphatic rings. The van der Waals surface area contributed by atoms with Crippen LogP contribution in [0.1, 0.15) is 51.7 Å². The van der Waals surface area contributed by atoms with Crippen LogP contribution < -0.4 is 5.32 Å². The highest BCUT2D eigenvalue weighted by Crippen LogP contribution is 2.19. The molecule has 2 aromatic carbocycles. The number of hydrogen-bond acceptors (Lipinski definition) is 5. The minimum absolute atomic E-state index is 0.181. The molecule has 180 valence electrons. The third-order valence-corrected chi connectivity index (χ3v) is 6.51. The van der Waals surface area contributed by atoms with Gasteiger partial charge in [0, 0.05) is 18.8 Å². The molecule has 0 spiro atoms. The minimum atomic E-state index is -3.44. The molecule has 0 saturated heterocycles. The number of amides is 1. The maximum atomic E-state index is 12.6. The van der Waals surface area contributed by atoms with Crippen LogP contribution in [0, 0.1) is 0 Å². The summed E-state index contributed by atoms with van der Waals surface area (Å²) in [6.07, 6.45) is 1.95. The molecule has 0 aliphatic carbocycles. The van der Waals surface area contributed by atoms with E-state index in [0.29, 0.717) is 30.3 Å². The Morgan fingerprint density at radius 1 is 1.09 bits per heavy atom. The number of nitrogens with one attached hydrogen (secondary N) is 1. The molecular formula is C26H36N2O4S. The molecular weight excluding hydrogens is 436 g/mol. The monoisotopic (exact) mass is 472 g/mol. The summed E-state index contributed by atoms with van der Waals surface area (Å²) in [6.45, 7) is 14.3. The maximum absolute atomic E-state index is 12.6. The van der Waals surface area contributed by atoms with E-state index in [4.69, 9.17) is 4.74 Å². The van der Waals surface area contributed by atoms with Gasteiger partial charge in [-0.2, -0.15) is 0 Å². The van der Waals surface area contributed by atoms with Gasteiger partial charge < -0.3 is 15.0 Å². The second-order valence-corrected chi connectivity index (χ2v) is 11.3. The Balaban J connectivity index is 1.93. The topological polar surface area (TPSA) is 75.7 Å². The van der Waals surface area contributed by atoms with Crippen LogP contribution >= 0.6 is 0 Å². The van der Waals surface area contributed by atoms with E-state index in [1.54, 1.807) is 23.1 Å². The van der Waals surface area contributed by atoms with Crippen LogP contribution in [0.4, 0.5) is 10.5 Å². The molecule has 0 atom stereocenters. The van der Waals surface area contributed by atoms with Crippen molar-refractivity contribution in [2.45, 2.75) is 57.5 Å². The van der Waals surface area contributed by atoms with E-state index in [1.165, 1.54) is 0 Å². The van der Waals surface area contributed by atoms with Crippen LogP contribution in [0.25, 0.3) is 0 Å². The lowest BCUT2D eigenvalue weighted by molar-refractivity contribution is 0.0274. The largest absolute Gasteiger partial charge is 0.444 e. The third kappa shape index (κ3) is 8.57. The van der Waals surface area contributed by atoms with Crippen LogP contribution in [-0.2, 0) is 21.0 Å². The van der Waals surface area contributed by atoms with Crippen molar-refractivity contribution in [1.82, 2.24) is 4.90 Å². The zero-order valence-corrected chi connectivity index (χ0v) is 21.1. The van der Waals surface area contributed by atoms with Gasteiger partial charge in [0.25, 0.3) is 0 Å². The molecule has 0 aromatic heterocycles. The van der Waals surface area contributed by atoms with Crippen LogP contribution in [0.15, 0.2) is 66.1 Å². The second-order valence-electron chi connectivity index (χ2n) is 9.32. The zero-order valence-electron chi connectivity index (χ0n) is 20.3. The summed E-state index contributed by atoms with van der Waals surface area (Å²) < 4.78 is 30.7. The van der Waals surface area contributed by atoms with Crippen LogP contribution in [0.5, 0.6) is 0 Å². The van der Waals surface area contributed by atoms with Gasteiger partial charge in [0.2, 0.25) is 0 Å². The summed E-state index contributed by atoms with van der Waals surface area (Å²) in [5.41, 5.74) is 2.30. The number of sulfone groups is 1. The van der Waals surface area contributed by atoms with Crippen molar-refractivity contribution in [3.63, 3.8) is 0 Å². The Kier molecular flexibility index (Phi) is 9.11. The molecule has 0 radical (unpaired) electrons. The van der Waals surface area contributed by atoms with E-state index < -0.39 is 15.4 Å². The van der Waals surface area contributed by atoms with E-state index in [9.17, 15) is 13.2 Å². The van der Waals surface area contributed by atoms with E-state index in [1.807, 2.05) is 57.2 Å². The smallest absolute Gasteiger partial charge is 0.410 e. The quantitative estimate of drug-likeness (QED) is 0.454. The number of carbonyl (C=O) groups is 1. The molecule has 0 aliphatic heterocycles. The van der Waals surface area contributed by atoms with Gasteiger partial charge in [-0.3, -0.25) is 0 Å². The second kappa shape index (κ2) is 11.4. The normalized spacial score (nSPS) is 11.8. The van der Waals surface area contributed by atoms with Crippen molar-refractivity contribution in [2.24, 2.45) is 0 Å². The van der Waals surface area contributed by atoms with Gasteiger partial charge >= 0.3 is 6.09 Å². The summed E-state index contributed by atoms with van der Waals surface area (Å²) in [7, 11) is -3.44. The lowest BCUT2D eigenvalue weighted by Crippen LogP contribution is -2.38. The average Bonchev–Trinajstić information content (AvgIpc) is 2.74. The predicted octanol–water partition coefficient (Wildman–Crippen LogP) is 5.62. The highest BCUT2D eigenvalue weighted by molar-refractivity contribution is 7.91. The van der Waals surface area contributed by atoms with Gasteiger partial charge in [0.05, 0.1) is 4.90 Å². The molecule has 33 heavy (non-hydrogen) atoms. The van der Waals surface area contributed by atoms with Crippen molar-refractivity contribution < 1.29 is 17.9 Å². The number of hydrogen-bond donors (Lipinski definition) is 1. The van der Waals surface area contributed by atoms with Crippen molar-refractivity contribution in [3.8, 4) is 0 Å². The first-order valence-corrected chi connectivity index (χ1v) is 12.8. The zero-order chi connectivity index (χ0) is 24.6. The highest BCUT2D eigenvalue weighted by atomic mass is 32.2. The molecule has 0 fully saturated rings. The van der Waals surface area contributed by atoms with Crippen LogP contribution in [0.3, 0.4) is 0 Å². The SMILES string of the molecule is C=CCN(CCc1ccc(NCS(=O)(=O)c2ccc(C(C)C)cc2)cc1)C(=O)OC(C)(C)C. The van der Waals surface area contributed by atoms with E-state index in [2.05, 4.69) is 25.7 Å². The van der Waals surface area contributed by atoms with Gasteiger partial charge in [-0.15, -0.1) is 6.58 Å². The maximum Gasteiger partial charge on any atom is 0.410 e. The number of carbonyl (C=O) groups excluding carboxylic acids is 1. The number of benzene rings is 2. The summed E-state index contributed by atoms with van der Waals surface area (Å²) >= 11 is 0. The Bertz CT molecular complexity index is 1020. The molecule has 7 heteroatoms. The Morgan fingerprint density at radius 3 is 2.21 bits per heavy atom. The molecule has 0 saturated carbocycles. The summed E-state index contributed by atoms with van der Waals surface area (Å²) in [5.74, 6) is 0.172. The fraction of sp³-hybridized carbons (Fsp3) is 0.423. The molecule has 0 unspecified atom stereocenters. The molecule has 1 amide bonds. The summed E-state index contributed by atoms with van der Waals surface area (Å²) in [6, 6.07) is 14.6. The van der Waals surface area contributed by atoms with E-state index >= 15 is 0 Å². The standard InChI is InChI=1S/C26H36N2O4S/c1-7-17-28(25(29)32-26(4,5)6)18-16-21-8-12-23(13-9-21)27-19-33(30,31)24-14-10-22(11-15-24)20(2)3/h7-15,20,27H,1,16-19H2,2-6H3. The number of rotatable bonds is 10. The van der Waals surface area contributed by atoms with E-state index in [0.717, 1.165) is 16.8 Å². The molecule has 1 N–H and O–H groups in total. The number of nitrogens with zero attached hydrogens (tertiary/aromatic N) is 1. The van der Waals surface area contributed by atoms with Crippen molar-refractivity contribution in [1.29, 1.82) is 0 Å². The lowest BCUT2D eigenvalue weighted by atomic mass is 10.0. The molecule has 0 bridgehead atoms. The lowest BCUT2D eigenvalue weighted by Gasteiger charge is -2.26. The molecule has 2 aromatic rings.